The lowest BCUT2D eigenvalue weighted by Crippen LogP contribution is -2.42. The fraction of sp³-hybridized carbons (Fsp3) is 0.591. The largest absolute Gasteiger partial charge is 0.385 e. The summed E-state index contributed by atoms with van der Waals surface area (Å²) in [7, 11) is 1.59. The molecule has 3 N–H and O–H groups in total. The van der Waals surface area contributed by atoms with E-state index in [0.29, 0.717) is 30.4 Å². The second kappa shape index (κ2) is 9.82. The van der Waals surface area contributed by atoms with Gasteiger partial charge in [0.05, 0.1) is 4.88 Å². The number of anilines is 2. The topological polar surface area (TPSA) is 110 Å². The molecule has 170 valence electrons. The molecule has 1 atom stereocenters. The summed E-state index contributed by atoms with van der Waals surface area (Å²) in [6.45, 7) is 7.17. The Morgan fingerprint density at radius 1 is 1.42 bits per heavy atom. The third kappa shape index (κ3) is 5.10. The molecule has 3 rings (SSSR count). The van der Waals surface area contributed by atoms with Gasteiger partial charge in [-0.25, -0.2) is 4.79 Å². The summed E-state index contributed by atoms with van der Waals surface area (Å²) in [4.78, 5) is 44.3. The first kappa shape index (κ1) is 23.3. The van der Waals surface area contributed by atoms with Gasteiger partial charge in [0.25, 0.3) is 11.5 Å². The third-order valence-corrected chi connectivity index (χ3v) is 6.77. The van der Waals surface area contributed by atoms with Crippen molar-refractivity contribution in [2.45, 2.75) is 53.0 Å². The van der Waals surface area contributed by atoms with Crippen molar-refractivity contribution in [3.63, 3.8) is 0 Å². The first-order valence-electron chi connectivity index (χ1n) is 10.8. The number of ether oxygens (including phenoxy) is 1. The number of nitrogen functional groups attached to an aromatic ring is 1. The van der Waals surface area contributed by atoms with E-state index in [9.17, 15) is 14.4 Å². The summed E-state index contributed by atoms with van der Waals surface area (Å²) < 4.78 is 6.47. The maximum Gasteiger partial charge on any atom is 0.330 e. The van der Waals surface area contributed by atoms with Crippen molar-refractivity contribution in [2.75, 3.05) is 30.9 Å². The molecule has 1 aliphatic rings. The molecule has 0 saturated carbocycles. The molecule has 2 aromatic heterocycles. The molecule has 1 aliphatic carbocycles. The molecule has 0 spiro atoms. The highest BCUT2D eigenvalue weighted by Gasteiger charge is 2.28. The number of thiophene rings is 1. The Kier molecular flexibility index (Phi) is 7.38. The molecule has 0 bridgehead atoms. The lowest BCUT2D eigenvalue weighted by molar-refractivity contribution is 0.0987. The zero-order chi connectivity index (χ0) is 22.7. The minimum atomic E-state index is -0.650. The summed E-state index contributed by atoms with van der Waals surface area (Å²) in [6, 6.07) is 1.95. The third-order valence-electron chi connectivity index (χ3n) is 5.55. The minimum absolute atomic E-state index is 0.0168. The van der Waals surface area contributed by atoms with Crippen molar-refractivity contribution in [2.24, 2.45) is 11.8 Å². The first-order valence-corrected chi connectivity index (χ1v) is 11.6. The number of aromatic nitrogens is 2. The molecule has 0 radical (unpaired) electrons. The first-order chi connectivity index (χ1) is 14.7. The van der Waals surface area contributed by atoms with Crippen molar-refractivity contribution in [1.29, 1.82) is 0 Å². The Labute approximate surface area is 186 Å². The fourth-order valence-electron chi connectivity index (χ4n) is 4.01. The van der Waals surface area contributed by atoms with Crippen molar-refractivity contribution in [3.05, 3.63) is 42.2 Å². The van der Waals surface area contributed by atoms with Crippen molar-refractivity contribution in [3.8, 4) is 0 Å². The number of hydrogen-bond donors (Lipinski definition) is 2. The molecule has 9 heteroatoms. The molecule has 0 fully saturated rings. The summed E-state index contributed by atoms with van der Waals surface area (Å²) in [5.41, 5.74) is 6.32. The molecule has 1 unspecified atom stereocenters. The van der Waals surface area contributed by atoms with Gasteiger partial charge < -0.3 is 10.5 Å². The van der Waals surface area contributed by atoms with E-state index in [4.69, 9.17) is 10.5 Å². The highest BCUT2D eigenvalue weighted by molar-refractivity contribution is 7.14. The monoisotopic (exact) mass is 448 g/mol. The van der Waals surface area contributed by atoms with E-state index in [1.807, 2.05) is 19.9 Å². The number of nitrogens with two attached hydrogens (primary N) is 1. The van der Waals surface area contributed by atoms with Gasteiger partial charge in [-0.3, -0.25) is 24.0 Å². The van der Waals surface area contributed by atoms with Crippen LogP contribution in [0.4, 0.5) is 11.5 Å². The molecular formula is C22H32N4O4S. The maximum atomic E-state index is 13.6. The van der Waals surface area contributed by atoms with E-state index in [1.165, 1.54) is 31.2 Å². The molecule has 0 aliphatic heterocycles. The Bertz CT molecular complexity index is 1050. The van der Waals surface area contributed by atoms with Crippen LogP contribution in [-0.4, -0.2) is 35.7 Å². The number of methoxy groups -OCH3 is 1. The van der Waals surface area contributed by atoms with Crippen LogP contribution >= 0.6 is 11.3 Å². The maximum absolute atomic E-state index is 13.6. The molecule has 0 saturated heterocycles. The van der Waals surface area contributed by atoms with E-state index in [1.54, 1.807) is 7.11 Å². The Balaban J connectivity index is 2.05. The Morgan fingerprint density at radius 3 is 2.84 bits per heavy atom. The summed E-state index contributed by atoms with van der Waals surface area (Å²) >= 11 is 1.49. The van der Waals surface area contributed by atoms with E-state index < -0.39 is 11.2 Å². The number of aromatic amines is 1. The predicted octanol–water partition coefficient (Wildman–Crippen LogP) is 2.64. The van der Waals surface area contributed by atoms with Crippen molar-refractivity contribution >= 4 is 28.7 Å². The fourth-order valence-corrected chi connectivity index (χ4v) is 5.17. The van der Waals surface area contributed by atoms with Crippen LogP contribution in [0.3, 0.4) is 0 Å². The van der Waals surface area contributed by atoms with Gasteiger partial charge in [-0.05, 0) is 49.1 Å². The molecule has 0 aromatic carbocycles. The molecule has 1 amide bonds. The van der Waals surface area contributed by atoms with Gasteiger partial charge in [0.2, 0.25) is 0 Å². The van der Waals surface area contributed by atoms with Crippen LogP contribution in [0.1, 0.15) is 53.7 Å². The number of carbonyl (C=O) groups is 1. The van der Waals surface area contributed by atoms with E-state index >= 15 is 0 Å². The number of amides is 1. The number of fused-ring (bicyclic) bond motifs is 1. The molecule has 2 aromatic rings. The van der Waals surface area contributed by atoms with E-state index in [-0.39, 0.29) is 29.9 Å². The number of H-pyrrole nitrogens is 1. The van der Waals surface area contributed by atoms with Crippen LogP contribution in [0.25, 0.3) is 0 Å². The average molecular weight is 449 g/mol. The standard InChI is InChI=1S/C22H32N4O4S/c1-13(2)12-26-19(23)18(20(27)24-22(26)29)25(8-5-9-30-4)21(28)17-11-15-10-14(3)6-7-16(15)31-17/h11,13-14H,5-10,12,23H2,1-4H3,(H,24,27,29). The lowest BCUT2D eigenvalue weighted by atomic mass is 9.90. The second-order valence-electron chi connectivity index (χ2n) is 8.71. The summed E-state index contributed by atoms with van der Waals surface area (Å²) in [5.74, 6) is 0.488. The molecule has 31 heavy (non-hydrogen) atoms. The predicted molar refractivity (Wildman–Crippen MR) is 124 cm³/mol. The van der Waals surface area contributed by atoms with Gasteiger partial charge >= 0.3 is 5.69 Å². The number of nitrogens with zero attached hydrogens (tertiary/aromatic N) is 2. The van der Waals surface area contributed by atoms with Gasteiger partial charge in [-0.15, -0.1) is 11.3 Å². The number of rotatable bonds is 8. The average Bonchev–Trinajstić information content (AvgIpc) is 3.12. The van der Waals surface area contributed by atoms with E-state index in [0.717, 1.165) is 19.3 Å². The van der Waals surface area contributed by atoms with Gasteiger partial charge in [0.1, 0.15) is 5.82 Å². The van der Waals surface area contributed by atoms with Gasteiger partial charge in [0, 0.05) is 31.7 Å². The summed E-state index contributed by atoms with van der Waals surface area (Å²) in [5, 5.41) is 0. The Hall–Kier alpha value is -2.39. The second-order valence-corrected chi connectivity index (χ2v) is 9.84. The molecule has 8 nitrogen and oxygen atoms in total. The van der Waals surface area contributed by atoms with Gasteiger partial charge in [-0.2, -0.15) is 0 Å². The zero-order valence-corrected chi connectivity index (χ0v) is 19.5. The smallest absolute Gasteiger partial charge is 0.330 e. The van der Waals surface area contributed by atoms with Crippen molar-refractivity contribution < 1.29 is 9.53 Å². The zero-order valence-electron chi connectivity index (χ0n) is 18.7. The highest BCUT2D eigenvalue weighted by atomic mass is 32.1. The van der Waals surface area contributed by atoms with Crippen LogP contribution in [0.15, 0.2) is 15.7 Å². The normalized spacial score (nSPS) is 15.8. The van der Waals surface area contributed by atoms with Crippen LogP contribution in [0.2, 0.25) is 0 Å². The summed E-state index contributed by atoms with van der Waals surface area (Å²) in [6.07, 6.45) is 3.59. The van der Waals surface area contributed by atoms with Gasteiger partial charge in [0.15, 0.2) is 5.69 Å². The SMILES string of the molecule is COCCCN(C(=O)c1cc2c(s1)CCC(C)C2)c1c(N)n(CC(C)C)c(=O)[nH]c1=O. The number of nitrogens with one attached hydrogen (secondary N) is 1. The highest BCUT2D eigenvalue weighted by Crippen LogP contribution is 2.33. The quantitative estimate of drug-likeness (QED) is 0.603. The van der Waals surface area contributed by atoms with E-state index in [2.05, 4.69) is 11.9 Å². The van der Waals surface area contributed by atoms with Crippen LogP contribution in [0, 0.1) is 11.8 Å². The number of aryl methyl sites for hydroxylation is 1. The van der Waals surface area contributed by atoms with Crippen LogP contribution in [-0.2, 0) is 24.1 Å². The van der Waals surface area contributed by atoms with Gasteiger partial charge in [-0.1, -0.05) is 20.8 Å². The minimum Gasteiger partial charge on any atom is -0.385 e. The lowest BCUT2D eigenvalue weighted by Gasteiger charge is -2.24. The van der Waals surface area contributed by atoms with Crippen LogP contribution < -0.4 is 21.9 Å². The number of carbonyl (C=O) groups excluding carboxylic acids is 1. The van der Waals surface area contributed by atoms with Crippen LogP contribution in [0.5, 0.6) is 0 Å². The molecule has 2 heterocycles. The number of hydrogen-bond acceptors (Lipinski definition) is 6. The Morgan fingerprint density at radius 2 is 2.16 bits per heavy atom. The molecular weight excluding hydrogens is 416 g/mol. The van der Waals surface area contributed by atoms with Crippen molar-refractivity contribution in [1.82, 2.24) is 9.55 Å².